The first kappa shape index (κ1) is 16.7. The average molecular weight is 378 g/mol. The van der Waals surface area contributed by atoms with Gasteiger partial charge in [0.2, 0.25) is 0 Å². The minimum Gasteiger partial charge on any atom is -0.423 e. The predicted octanol–water partition coefficient (Wildman–Crippen LogP) is 3.25. The lowest BCUT2D eigenvalue weighted by Crippen LogP contribution is -2.27. The topological polar surface area (TPSA) is 67.3 Å². The molecule has 0 unspecified atom stereocenters. The van der Waals surface area contributed by atoms with E-state index in [9.17, 15) is 5.02 Å². The smallest absolute Gasteiger partial charge is 0.423 e. The van der Waals surface area contributed by atoms with Crippen LogP contribution in [0, 0.1) is 0 Å². The maximum absolute atomic E-state index is 9.80. The second-order valence-electron chi connectivity index (χ2n) is 6.89. The quantitative estimate of drug-likeness (QED) is 0.686. The van der Waals surface area contributed by atoms with Gasteiger partial charge in [-0.15, -0.1) is 0 Å². The monoisotopic (exact) mass is 377 g/mol. The molecule has 2 heterocycles. The molecular formula is C20H17BClN3O2. The number of nitrogens with one attached hydrogen (secondary N) is 1. The first-order valence-electron chi connectivity index (χ1n) is 9.02. The van der Waals surface area contributed by atoms with E-state index in [2.05, 4.69) is 5.32 Å². The third-order valence-electron chi connectivity index (χ3n) is 5.08. The van der Waals surface area contributed by atoms with Crippen molar-refractivity contribution in [1.82, 2.24) is 9.97 Å². The molecule has 0 amide bonds. The number of aromatic nitrogens is 2. The molecule has 1 aliphatic carbocycles. The van der Waals surface area contributed by atoms with E-state index in [0.29, 0.717) is 17.5 Å². The molecule has 3 aromatic rings. The highest BCUT2D eigenvalue weighted by Crippen LogP contribution is 2.32. The van der Waals surface area contributed by atoms with Gasteiger partial charge in [-0.05, 0) is 54.6 Å². The fraction of sp³-hybridized carbons (Fsp3) is 0.200. The summed E-state index contributed by atoms with van der Waals surface area (Å²) in [5.74, 6) is 1.52. The number of anilines is 2. The summed E-state index contributed by atoms with van der Waals surface area (Å²) in [5, 5.41) is 13.9. The highest BCUT2D eigenvalue weighted by atomic mass is 35.5. The standard InChI is InChI=1S/C20H17BClN3O2/c22-14-4-1-3-12(9-14)19-24-18-6-2-5-16(18)20(25-19)23-15-7-8-17-13(10-15)11-27-21(17)26/h1,3-4,7-10,26H,2,5-6,11H2,(H,23,24,25). The summed E-state index contributed by atoms with van der Waals surface area (Å²) in [4.78, 5) is 9.57. The van der Waals surface area contributed by atoms with E-state index < -0.39 is 7.12 Å². The summed E-state index contributed by atoms with van der Waals surface area (Å²) in [7, 11) is -0.827. The van der Waals surface area contributed by atoms with E-state index in [4.69, 9.17) is 26.2 Å². The number of aryl methyl sites for hydroxylation is 1. The van der Waals surface area contributed by atoms with Crippen molar-refractivity contribution >= 4 is 35.7 Å². The van der Waals surface area contributed by atoms with Crippen LogP contribution in [0.1, 0.15) is 23.2 Å². The zero-order valence-electron chi connectivity index (χ0n) is 14.6. The maximum atomic E-state index is 9.80. The summed E-state index contributed by atoms with van der Waals surface area (Å²) in [6.45, 7) is 0.418. The van der Waals surface area contributed by atoms with Gasteiger partial charge < -0.3 is 15.0 Å². The van der Waals surface area contributed by atoms with Crippen LogP contribution in [0.4, 0.5) is 11.5 Å². The van der Waals surface area contributed by atoms with Gasteiger partial charge in [-0.3, -0.25) is 0 Å². The molecule has 0 bridgehead atoms. The Balaban J connectivity index is 1.54. The number of hydrogen-bond donors (Lipinski definition) is 2. The van der Waals surface area contributed by atoms with E-state index in [-0.39, 0.29) is 0 Å². The first-order chi connectivity index (χ1) is 13.2. The lowest BCUT2D eigenvalue weighted by atomic mass is 9.79. The minimum absolute atomic E-state index is 0.418. The number of hydrogen-bond acceptors (Lipinski definition) is 5. The molecule has 5 rings (SSSR count). The summed E-state index contributed by atoms with van der Waals surface area (Å²) in [5.41, 5.74) is 5.93. The largest absolute Gasteiger partial charge is 0.491 e. The molecule has 0 spiro atoms. The Bertz CT molecular complexity index is 1040. The summed E-state index contributed by atoms with van der Waals surface area (Å²) < 4.78 is 5.28. The summed E-state index contributed by atoms with van der Waals surface area (Å²) in [6.07, 6.45) is 3.02. The molecule has 0 atom stereocenters. The van der Waals surface area contributed by atoms with Crippen molar-refractivity contribution in [3.63, 3.8) is 0 Å². The third-order valence-corrected chi connectivity index (χ3v) is 5.32. The fourth-order valence-electron chi connectivity index (χ4n) is 3.74. The lowest BCUT2D eigenvalue weighted by Gasteiger charge is -2.13. The van der Waals surface area contributed by atoms with Gasteiger partial charge in [0.25, 0.3) is 0 Å². The molecule has 2 N–H and O–H groups in total. The second-order valence-corrected chi connectivity index (χ2v) is 7.32. The Morgan fingerprint density at radius 1 is 1.11 bits per heavy atom. The van der Waals surface area contributed by atoms with Crippen LogP contribution in [-0.2, 0) is 24.1 Å². The molecule has 27 heavy (non-hydrogen) atoms. The molecule has 0 radical (unpaired) electrons. The van der Waals surface area contributed by atoms with Crippen molar-refractivity contribution in [3.8, 4) is 11.4 Å². The van der Waals surface area contributed by atoms with Crippen LogP contribution in [-0.4, -0.2) is 22.1 Å². The van der Waals surface area contributed by atoms with Crippen LogP contribution >= 0.6 is 11.6 Å². The Morgan fingerprint density at radius 2 is 2.04 bits per heavy atom. The lowest BCUT2D eigenvalue weighted by molar-refractivity contribution is 0.275. The highest BCUT2D eigenvalue weighted by molar-refractivity contribution is 6.61. The van der Waals surface area contributed by atoms with Crippen LogP contribution < -0.4 is 10.8 Å². The SMILES string of the molecule is OB1OCc2cc(Nc3nc(-c4cccc(Cl)c4)nc4c3CCC4)ccc21. The predicted molar refractivity (Wildman–Crippen MR) is 107 cm³/mol. The molecule has 5 nitrogen and oxygen atoms in total. The Kier molecular flexibility index (Phi) is 4.12. The van der Waals surface area contributed by atoms with Gasteiger partial charge >= 0.3 is 7.12 Å². The van der Waals surface area contributed by atoms with Crippen molar-refractivity contribution in [3.05, 3.63) is 64.3 Å². The Hall–Kier alpha value is -2.41. The third kappa shape index (κ3) is 3.10. The Morgan fingerprint density at radius 3 is 2.93 bits per heavy atom. The fourth-order valence-corrected chi connectivity index (χ4v) is 3.93. The molecule has 0 saturated heterocycles. The number of halogens is 1. The van der Waals surface area contributed by atoms with E-state index in [1.165, 1.54) is 5.56 Å². The van der Waals surface area contributed by atoms with Gasteiger partial charge in [-0.1, -0.05) is 29.8 Å². The zero-order chi connectivity index (χ0) is 18.4. The average Bonchev–Trinajstić information content (AvgIpc) is 3.28. The molecule has 2 aliphatic rings. The maximum Gasteiger partial charge on any atom is 0.491 e. The van der Waals surface area contributed by atoms with E-state index in [0.717, 1.165) is 53.1 Å². The van der Waals surface area contributed by atoms with Gasteiger partial charge in [0.05, 0.1) is 6.61 Å². The van der Waals surface area contributed by atoms with Crippen molar-refractivity contribution in [2.75, 3.05) is 5.32 Å². The van der Waals surface area contributed by atoms with Gasteiger partial charge in [-0.2, -0.15) is 0 Å². The summed E-state index contributed by atoms with van der Waals surface area (Å²) >= 11 is 6.14. The number of rotatable bonds is 3. The molecule has 1 aromatic heterocycles. The van der Waals surface area contributed by atoms with Gasteiger partial charge in [-0.25, -0.2) is 9.97 Å². The van der Waals surface area contributed by atoms with Crippen molar-refractivity contribution in [2.24, 2.45) is 0 Å². The van der Waals surface area contributed by atoms with Crippen LogP contribution in [0.5, 0.6) is 0 Å². The number of fused-ring (bicyclic) bond motifs is 2. The van der Waals surface area contributed by atoms with Crippen LogP contribution in [0.2, 0.25) is 5.02 Å². The van der Waals surface area contributed by atoms with Crippen LogP contribution in [0.15, 0.2) is 42.5 Å². The highest BCUT2D eigenvalue weighted by Gasteiger charge is 2.27. The van der Waals surface area contributed by atoms with Crippen molar-refractivity contribution in [2.45, 2.75) is 25.9 Å². The molecule has 134 valence electrons. The normalized spacial score (nSPS) is 15.0. The Labute approximate surface area is 162 Å². The molecule has 2 aromatic carbocycles. The van der Waals surface area contributed by atoms with Crippen LogP contribution in [0.3, 0.4) is 0 Å². The first-order valence-corrected chi connectivity index (χ1v) is 9.40. The van der Waals surface area contributed by atoms with E-state index >= 15 is 0 Å². The zero-order valence-corrected chi connectivity index (χ0v) is 15.3. The molecule has 7 heteroatoms. The molecule has 0 fully saturated rings. The van der Waals surface area contributed by atoms with E-state index in [1.54, 1.807) is 0 Å². The number of nitrogens with zero attached hydrogens (tertiary/aromatic N) is 2. The van der Waals surface area contributed by atoms with Gasteiger partial charge in [0.1, 0.15) is 5.82 Å². The summed E-state index contributed by atoms with van der Waals surface area (Å²) in [6, 6.07) is 13.5. The van der Waals surface area contributed by atoms with Crippen molar-refractivity contribution < 1.29 is 9.68 Å². The van der Waals surface area contributed by atoms with Gasteiger partial charge in [0.15, 0.2) is 5.82 Å². The van der Waals surface area contributed by atoms with Crippen molar-refractivity contribution in [1.29, 1.82) is 0 Å². The molecule has 1 aliphatic heterocycles. The minimum atomic E-state index is -0.827. The van der Waals surface area contributed by atoms with Gasteiger partial charge in [0, 0.05) is 27.5 Å². The second kappa shape index (κ2) is 6.64. The van der Waals surface area contributed by atoms with Crippen LogP contribution in [0.25, 0.3) is 11.4 Å². The van der Waals surface area contributed by atoms with E-state index in [1.807, 2.05) is 42.5 Å². The molecule has 0 saturated carbocycles. The number of benzene rings is 2. The molecular weight excluding hydrogens is 361 g/mol.